The quantitative estimate of drug-likeness (QED) is 0.838. The van der Waals surface area contributed by atoms with E-state index < -0.39 is 15.9 Å². The molecule has 2 rings (SSSR count). The molecule has 0 saturated heterocycles. The molecule has 2 aromatic rings. The van der Waals surface area contributed by atoms with Crippen LogP contribution in [0.15, 0.2) is 47.4 Å². The summed E-state index contributed by atoms with van der Waals surface area (Å²) in [5, 5.41) is 2.71. The lowest BCUT2D eigenvalue weighted by Gasteiger charge is -2.11. The van der Waals surface area contributed by atoms with Crippen molar-refractivity contribution in [3.05, 3.63) is 53.6 Å². The Hall–Kier alpha value is -2.38. The molecule has 0 aliphatic carbocycles. The Morgan fingerprint density at radius 2 is 1.75 bits per heavy atom. The number of ether oxygens (including phenoxy) is 1. The van der Waals surface area contributed by atoms with Crippen LogP contribution < -0.4 is 14.8 Å². The van der Waals surface area contributed by atoms with Crippen LogP contribution in [0.2, 0.25) is 0 Å². The van der Waals surface area contributed by atoms with Gasteiger partial charge in [0, 0.05) is 5.69 Å². The number of nitrogens with one attached hydrogen (secondary N) is 2. The first kappa shape index (κ1) is 18.0. The van der Waals surface area contributed by atoms with Crippen molar-refractivity contribution in [2.24, 2.45) is 0 Å². The monoisotopic (exact) mass is 348 g/mol. The zero-order valence-corrected chi connectivity index (χ0v) is 14.6. The van der Waals surface area contributed by atoms with E-state index in [1.54, 1.807) is 18.2 Å². The number of sulfonamides is 1. The number of methoxy groups -OCH3 is 1. The number of benzene rings is 2. The van der Waals surface area contributed by atoms with Gasteiger partial charge in [0.2, 0.25) is 15.9 Å². The van der Waals surface area contributed by atoms with Crippen molar-refractivity contribution in [1.29, 1.82) is 0 Å². The second kappa shape index (κ2) is 7.46. The Balaban J connectivity index is 2.00. The molecular formula is C17H20N2O4S. The Morgan fingerprint density at radius 1 is 1.08 bits per heavy atom. The maximum atomic E-state index is 12.2. The molecule has 2 aromatic carbocycles. The van der Waals surface area contributed by atoms with Gasteiger partial charge in [-0.1, -0.05) is 12.1 Å². The van der Waals surface area contributed by atoms with Crippen LogP contribution in [-0.2, 0) is 14.8 Å². The fourth-order valence-corrected chi connectivity index (χ4v) is 3.06. The topological polar surface area (TPSA) is 84.5 Å². The number of hydrogen-bond donors (Lipinski definition) is 2. The van der Waals surface area contributed by atoms with E-state index in [4.69, 9.17) is 4.74 Å². The average Bonchev–Trinajstić information content (AvgIpc) is 2.57. The van der Waals surface area contributed by atoms with Gasteiger partial charge >= 0.3 is 0 Å². The van der Waals surface area contributed by atoms with Crippen LogP contribution in [0.1, 0.15) is 11.1 Å². The number of hydrogen-bond acceptors (Lipinski definition) is 4. The fourth-order valence-electron chi connectivity index (χ4n) is 2.08. The molecule has 6 nitrogen and oxygen atoms in total. The number of anilines is 1. The summed E-state index contributed by atoms with van der Waals surface area (Å²) in [5.41, 5.74) is 2.67. The lowest BCUT2D eigenvalue weighted by Crippen LogP contribution is -2.33. The van der Waals surface area contributed by atoms with Crippen molar-refractivity contribution in [1.82, 2.24) is 4.72 Å². The van der Waals surface area contributed by atoms with Crippen LogP contribution in [0.5, 0.6) is 5.75 Å². The maximum absolute atomic E-state index is 12.2. The third-order valence-corrected chi connectivity index (χ3v) is 5.09. The van der Waals surface area contributed by atoms with Gasteiger partial charge < -0.3 is 10.1 Å². The summed E-state index contributed by atoms with van der Waals surface area (Å²) in [4.78, 5) is 12.1. The van der Waals surface area contributed by atoms with E-state index in [1.165, 1.54) is 19.2 Å². The third-order valence-electron chi connectivity index (χ3n) is 3.67. The van der Waals surface area contributed by atoms with Crippen LogP contribution in [0.25, 0.3) is 0 Å². The first-order valence-corrected chi connectivity index (χ1v) is 8.81. The fraction of sp³-hybridized carbons (Fsp3) is 0.235. The van der Waals surface area contributed by atoms with Crippen LogP contribution in [0.3, 0.4) is 0 Å². The number of aryl methyl sites for hydroxylation is 1. The number of carbonyl (C=O) groups excluding carboxylic acids is 1. The van der Waals surface area contributed by atoms with Crippen molar-refractivity contribution < 1.29 is 17.9 Å². The third kappa shape index (κ3) is 4.33. The van der Waals surface area contributed by atoms with E-state index in [-0.39, 0.29) is 11.4 Å². The van der Waals surface area contributed by atoms with Gasteiger partial charge in [-0.25, -0.2) is 13.1 Å². The zero-order chi connectivity index (χ0) is 17.7. The molecular weight excluding hydrogens is 328 g/mol. The van der Waals surface area contributed by atoms with Crippen molar-refractivity contribution in [3.8, 4) is 5.75 Å². The Morgan fingerprint density at radius 3 is 2.38 bits per heavy atom. The van der Waals surface area contributed by atoms with E-state index in [2.05, 4.69) is 10.0 Å². The summed E-state index contributed by atoms with van der Waals surface area (Å²) in [6, 6.07) is 11.5. The minimum atomic E-state index is -3.76. The Bertz CT molecular complexity index is 830. The molecule has 0 fully saturated rings. The van der Waals surface area contributed by atoms with Gasteiger partial charge in [0.1, 0.15) is 5.75 Å². The summed E-state index contributed by atoms with van der Waals surface area (Å²) in [5.74, 6) is 0.127. The lowest BCUT2D eigenvalue weighted by atomic mass is 10.1. The molecule has 0 aliphatic rings. The first-order chi connectivity index (χ1) is 11.3. The van der Waals surface area contributed by atoms with Gasteiger partial charge in [0.15, 0.2) is 0 Å². The smallest absolute Gasteiger partial charge is 0.241 e. The van der Waals surface area contributed by atoms with Crippen LogP contribution >= 0.6 is 0 Å². The summed E-state index contributed by atoms with van der Waals surface area (Å²) in [6.07, 6.45) is 0. The highest BCUT2D eigenvalue weighted by atomic mass is 32.2. The Kier molecular flexibility index (Phi) is 5.58. The van der Waals surface area contributed by atoms with Gasteiger partial charge in [-0.15, -0.1) is 0 Å². The van der Waals surface area contributed by atoms with Gasteiger partial charge in [-0.05, 0) is 55.3 Å². The van der Waals surface area contributed by atoms with Crippen molar-refractivity contribution in [3.63, 3.8) is 0 Å². The molecule has 0 aliphatic heterocycles. The molecule has 128 valence electrons. The van der Waals surface area contributed by atoms with Gasteiger partial charge in [-0.3, -0.25) is 4.79 Å². The second-order valence-electron chi connectivity index (χ2n) is 5.30. The van der Waals surface area contributed by atoms with Gasteiger partial charge in [0.05, 0.1) is 18.6 Å². The highest BCUT2D eigenvalue weighted by molar-refractivity contribution is 7.89. The van der Waals surface area contributed by atoms with Crippen molar-refractivity contribution in [2.45, 2.75) is 18.7 Å². The second-order valence-corrected chi connectivity index (χ2v) is 7.06. The molecule has 7 heteroatoms. The molecule has 24 heavy (non-hydrogen) atoms. The molecule has 0 aromatic heterocycles. The molecule has 0 spiro atoms. The van der Waals surface area contributed by atoms with E-state index in [1.807, 2.05) is 26.0 Å². The highest BCUT2D eigenvalue weighted by Gasteiger charge is 2.16. The predicted molar refractivity (Wildman–Crippen MR) is 92.7 cm³/mol. The maximum Gasteiger partial charge on any atom is 0.241 e. The molecule has 1 amide bonds. The van der Waals surface area contributed by atoms with E-state index in [9.17, 15) is 13.2 Å². The van der Waals surface area contributed by atoms with Crippen molar-refractivity contribution in [2.75, 3.05) is 19.0 Å². The first-order valence-electron chi connectivity index (χ1n) is 7.33. The predicted octanol–water partition coefficient (Wildman–Crippen LogP) is 2.23. The van der Waals surface area contributed by atoms with Crippen LogP contribution in [0.4, 0.5) is 5.69 Å². The molecule has 2 N–H and O–H groups in total. The molecule has 0 bridgehead atoms. The summed E-state index contributed by atoms with van der Waals surface area (Å²) >= 11 is 0. The molecule has 0 atom stereocenters. The average molecular weight is 348 g/mol. The van der Waals surface area contributed by atoms with Gasteiger partial charge in [-0.2, -0.15) is 0 Å². The SMILES string of the molecule is COc1ccc(S(=O)(=O)NCC(=O)Nc2cccc(C)c2C)cc1. The van der Waals surface area contributed by atoms with Crippen molar-refractivity contribution >= 4 is 21.6 Å². The lowest BCUT2D eigenvalue weighted by molar-refractivity contribution is -0.115. The molecule has 0 heterocycles. The molecule has 0 unspecified atom stereocenters. The normalized spacial score (nSPS) is 11.1. The number of carbonyl (C=O) groups is 1. The minimum absolute atomic E-state index is 0.0721. The molecule has 0 radical (unpaired) electrons. The standard InChI is InChI=1S/C17H20N2O4S/c1-12-5-4-6-16(13(12)2)19-17(20)11-18-24(21,22)15-9-7-14(23-3)8-10-15/h4-10,18H,11H2,1-3H3,(H,19,20). The number of amides is 1. The summed E-state index contributed by atoms with van der Waals surface area (Å²) < 4.78 is 31.6. The van der Waals surface area contributed by atoms with E-state index in [0.717, 1.165) is 11.1 Å². The number of rotatable bonds is 6. The summed E-state index contributed by atoms with van der Waals surface area (Å²) in [7, 11) is -2.26. The minimum Gasteiger partial charge on any atom is -0.497 e. The zero-order valence-electron chi connectivity index (χ0n) is 13.8. The molecule has 0 saturated carbocycles. The van der Waals surface area contributed by atoms with Crippen LogP contribution in [-0.4, -0.2) is 28.0 Å². The highest BCUT2D eigenvalue weighted by Crippen LogP contribution is 2.18. The summed E-state index contributed by atoms with van der Waals surface area (Å²) in [6.45, 7) is 3.49. The largest absolute Gasteiger partial charge is 0.497 e. The van der Waals surface area contributed by atoms with E-state index in [0.29, 0.717) is 11.4 Å². The Labute approximate surface area is 141 Å². The van der Waals surface area contributed by atoms with E-state index >= 15 is 0 Å². The van der Waals surface area contributed by atoms with Gasteiger partial charge in [0.25, 0.3) is 0 Å². The van der Waals surface area contributed by atoms with Crippen LogP contribution in [0, 0.1) is 13.8 Å².